The molecular weight excluding hydrogens is 439 g/mol. The molecular formula is C20H13Cl3N2O2S. The van der Waals surface area contributed by atoms with Gasteiger partial charge in [-0.1, -0.05) is 46.9 Å². The summed E-state index contributed by atoms with van der Waals surface area (Å²) in [6.45, 7) is 1.90. The molecule has 0 saturated heterocycles. The molecule has 2 aromatic heterocycles. The molecule has 0 saturated carbocycles. The number of aryl methyl sites for hydroxylation is 1. The summed E-state index contributed by atoms with van der Waals surface area (Å²) < 4.78 is 7.21. The Hall–Kier alpha value is -2.05. The van der Waals surface area contributed by atoms with Crippen LogP contribution < -0.4 is 0 Å². The average Bonchev–Trinajstić information content (AvgIpc) is 3.22. The van der Waals surface area contributed by atoms with E-state index in [1.54, 1.807) is 35.0 Å². The van der Waals surface area contributed by atoms with E-state index in [1.165, 1.54) is 11.3 Å². The maximum absolute atomic E-state index is 12.6. The average molecular weight is 452 g/mol. The van der Waals surface area contributed by atoms with Gasteiger partial charge in [-0.25, -0.2) is 9.48 Å². The number of nitrogens with zero attached hydrogens (tertiary/aromatic N) is 2. The van der Waals surface area contributed by atoms with Gasteiger partial charge in [-0.15, -0.1) is 11.3 Å². The predicted molar refractivity (Wildman–Crippen MR) is 114 cm³/mol. The van der Waals surface area contributed by atoms with Crippen LogP contribution in [-0.4, -0.2) is 15.7 Å². The van der Waals surface area contributed by atoms with Crippen LogP contribution in [0.3, 0.4) is 0 Å². The van der Waals surface area contributed by atoms with Gasteiger partial charge in [-0.2, -0.15) is 5.10 Å². The second-order valence-corrected chi connectivity index (χ2v) is 8.36. The van der Waals surface area contributed by atoms with Crippen molar-refractivity contribution in [3.05, 3.63) is 79.7 Å². The highest BCUT2D eigenvalue weighted by atomic mass is 35.5. The van der Waals surface area contributed by atoms with Crippen molar-refractivity contribution < 1.29 is 9.53 Å². The number of thiophene rings is 1. The number of carbonyl (C=O) groups excluding carboxylic acids is 1. The van der Waals surface area contributed by atoms with Gasteiger partial charge in [0.1, 0.15) is 16.3 Å². The molecule has 142 valence electrons. The Balaban J connectivity index is 1.63. The van der Waals surface area contributed by atoms with Gasteiger partial charge in [-0.05, 0) is 43.3 Å². The van der Waals surface area contributed by atoms with Crippen LogP contribution in [0.25, 0.3) is 15.9 Å². The Morgan fingerprint density at radius 2 is 1.82 bits per heavy atom. The minimum absolute atomic E-state index is 0.00495. The quantitative estimate of drug-likeness (QED) is 0.324. The Labute approximate surface area is 180 Å². The number of esters is 1. The zero-order valence-corrected chi connectivity index (χ0v) is 17.7. The maximum atomic E-state index is 12.6. The Bertz CT molecular complexity index is 1180. The Morgan fingerprint density at radius 3 is 2.54 bits per heavy atom. The highest BCUT2D eigenvalue weighted by molar-refractivity contribution is 7.20. The van der Waals surface area contributed by atoms with E-state index in [9.17, 15) is 4.79 Å². The van der Waals surface area contributed by atoms with Gasteiger partial charge < -0.3 is 4.74 Å². The van der Waals surface area contributed by atoms with Gasteiger partial charge in [0.25, 0.3) is 0 Å². The van der Waals surface area contributed by atoms with Gasteiger partial charge >= 0.3 is 5.97 Å². The van der Waals surface area contributed by atoms with E-state index in [0.717, 1.165) is 21.6 Å². The van der Waals surface area contributed by atoms with Gasteiger partial charge in [0.2, 0.25) is 0 Å². The summed E-state index contributed by atoms with van der Waals surface area (Å²) in [6.07, 6.45) is 0. The molecule has 0 unspecified atom stereocenters. The summed E-state index contributed by atoms with van der Waals surface area (Å²) in [5, 5.41) is 7.00. The molecule has 2 aromatic carbocycles. The van der Waals surface area contributed by atoms with E-state index in [0.29, 0.717) is 25.5 Å². The van der Waals surface area contributed by atoms with Crippen LogP contribution in [0.1, 0.15) is 20.9 Å². The molecule has 0 atom stereocenters. The molecule has 28 heavy (non-hydrogen) atoms. The molecule has 2 heterocycles. The van der Waals surface area contributed by atoms with Crippen molar-refractivity contribution in [2.75, 3.05) is 0 Å². The van der Waals surface area contributed by atoms with E-state index in [1.807, 2.05) is 25.1 Å². The van der Waals surface area contributed by atoms with E-state index in [2.05, 4.69) is 5.10 Å². The first kappa shape index (κ1) is 19.3. The number of rotatable bonds is 4. The topological polar surface area (TPSA) is 44.1 Å². The summed E-state index contributed by atoms with van der Waals surface area (Å²) >= 11 is 19.7. The van der Waals surface area contributed by atoms with Crippen LogP contribution in [-0.2, 0) is 11.3 Å². The van der Waals surface area contributed by atoms with E-state index in [4.69, 9.17) is 39.5 Å². The number of hydrogen-bond acceptors (Lipinski definition) is 4. The number of ether oxygens (including phenoxy) is 1. The summed E-state index contributed by atoms with van der Waals surface area (Å²) in [7, 11) is 0. The van der Waals surface area contributed by atoms with Crippen molar-refractivity contribution in [2.24, 2.45) is 0 Å². The largest absolute Gasteiger partial charge is 0.457 e. The van der Waals surface area contributed by atoms with Crippen molar-refractivity contribution in [3.8, 4) is 5.69 Å². The number of fused-ring (bicyclic) bond motifs is 1. The molecule has 0 aliphatic carbocycles. The monoisotopic (exact) mass is 450 g/mol. The fraction of sp³-hybridized carbons (Fsp3) is 0.100. The summed E-state index contributed by atoms with van der Waals surface area (Å²) in [5.41, 5.74) is 2.23. The SMILES string of the molecule is Cc1nn(-c2cccc(Cl)c2)c2sc(C(=O)OCc3c(Cl)cccc3Cl)cc12. The second-order valence-electron chi connectivity index (χ2n) is 6.08. The minimum Gasteiger partial charge on any atom is -0.457 e. The third-order valence-electron chi connectivity index (χ3n) is 4.21. The molecule has 4 nitrogen and oxygen atoms in total. The Kier molecular flexibility index (Phi) is 5.34. The molecule has 0 aliphatic heterocycles. The van der Waals surface area contributed by atoms with Crippen molar-refractivity contribution in [1.82, 2.24) is 9.78 Å². The summed E-state index contributed by atoms with van der Waals surface area (Å²) in [4.78, 5) is 13.9. The van der Waals surface area contributed by atoms with E-state index < -0.39 is 5.97 Å². The van der Waals surface area contributed by atoms with Gasteiger partial charge in [0.05, 0.1) is 11.4 Å². The molecule has 0 amide bonds. The fourth-order valence-electron chi connectivity index (χ4n) is 2.81. The molecule has 0 spiro atoms. The smallest absolute Gasteiger partial charge is 0.348 e. The highest BCUT2D eigenvalue weighted by Crippen LogP contribution is 2.32. The predicted octanol–water partition coefficient (Wildman–Crippen LogP) is 6.71. The van der Waals surface area contributed by atoms with Crippen molar-refractivity contribution >= 4 is 62.3 Å². The first-order valence-electron chi connectivity index (χ1n) is 8.29. The van der Waals surface area contributed by atoms with E-state index in [-0.39, 0.29) is 6.61 Å². The highest BCUT2D eigenvalue weighted by Gasteiger charge is 2.19. The van der Waals surface area contributed by atoms with Crippen LogP contribution in [0.15, 0.2) is 48.5 Å². The van der Waals surface area contributed by atoms with Crippen LogP contribution >= 0.6 is 46.1 Å². The fourth-order valence-corrected chi connectivity index (χ4v) is 4.58. The lowest BCUT2D eigenvalue weighted by Gasteiger charge is -2.07. The summed E-state index contributed by atoms with van der Waals surface area (Å²) in [6, 6.07) is 14.3. The summed E-state index contributed by atoms with van der Waals surface area (Å²) in [5.74, 6) is -0.436. The first-order chi connectivity index (χ1) is 13.4. The lowest BCUT2D eigenvalue weighted by Crippen LogP contribution is -2.04. The number of carbonyl (C=O) groups is 1. The number of benzene rings is 2. The standard InChI is InChI=1S/C20H13Cl3N2O2S/c1-11-14-9-18(20(26)27-10-15-16(22)6-3-7-17(15)23)28-19(14)25(24-11)13-5-2-4-12(21)8-13/h2-9H,10H2,1H3. The zero-order chi connectivity index (χ0) is 19.8. The van der Waals surface area contributed by atoms with Crippen LogP contribution in [0.5, 0.6) is 0 Å². The first-order valence-corrected chi connectivity index (χ1v) is 10.2. The van der Waals surface area contributed by atoms with Crippen LogP contribution in [0, 0.1) is 6.92 Å². The van der Waals surface area contributed by atoms with E-state index >= 15 is 0 Å². The van der Waals surface area contributed by atoms with Crippen molar-refractivity contribution in [3.63, 3.8) is 0 Å². The Morgan fingerprint density at radius 1 is 1.11 bits per heavy atom. The van der Waals surface area contributed by atoms with Crippen LogP contribution in [0.4, 0.5) is 0 Å². The number of aromatic nitrogens is 2. The molecule has 0 fully saturated rings. The second kappa shape index (κ2) is 7.76. The van der Waals surface area contributed by atoms with Gasteiger partial charge in [-0.3, -0.25) is 0 Å². The maximum Gasteiger partial charge on any atom is 0.348 e. The van der Waals surface area contributed by atoms with Gasteiger partial charge in [0.15, 0.2) is 0 Å². The van der Waals surface area contributed by atoms with Crippen molar-refractivity contribution in [1.29, 1.82) is 0 Å². The number of hydrogen-bond donors (Lipinski definition) is 0. The number of halogens is 3. The van der Waals surface area contributed by atoms with Crippen LogP contribution in [0.2, 0.25) is 15.1 Å². The lowest BCUT2D eigenvalue weighted by atomic mass is 10.2. The van der Waals surface area contributed by atoms with Gasteiger partial charge in [0, 0.05) is 26.0 Å². The molecule has 4 rings (SSSR count). The molecule has 4 aromatic rings. The zero-order valence-electron chi connectivity index (χ0n) is 14.6. The normalized spacial score (nSPS) is 11.1. The van der Waals surface area contributed by atoms with Crippen molar-refractivity contribution in [2.45, 2.75) is 13.5 Å². The lowest BCUT2D eigenvalue weighted by molar-refractivity contribution is 0.0479. The molecule has 0 aliphatic rings. The third kappa shape index (κ3) is 3.63. The molecule has 8 heteroatoms. The molecule has 0 bridgehead atoms. The molecule has 0 radical (unpaired) electrons. The molecule has 0 N–H and O–H groups in total. The minimum atomic E-state index is -0.436. The third-order valence-corrected chi connectivity index (χ3v) is 6.24.